The third-order valence-electron chi connectivity index (χ3n) is 2.87. The zero-order valence-electron chi connectivity index (χ0n) is 11.3. The van der Waals surface area contributed by atoms with E-state index in [2.05, 4.69) is 28.7 Å². The highest BCUT2D eigenvalue weighted by Gasteiger charge is 2.22. The molecule has 102 valence electrons. The van der Waals surface area contributed by atoms with E-state index in [0.29, 0.717) is 0 Å². The van der Waals surface area contributed by atoms with Crippen LogP contribution in [0.4, 0.5) is 5.69 Å². The molecule has 2 rings (SSSR count). The van der Waals surface area contributed by atoms with Gasteiger partial charge in [-0.1, -0.05) is 23.9 Å². The predicted molar refractivity (Wildman–Crippen MR) is 79.1 cm³/mol. The molecule has 1 aromatic rings. The van der Waals surface area contributed by atoms with Gasteiger partial charge < -0.3 is 9.64 Å². The van der Waals surface area contributed by atoms with Crippen LogP contribution < -0.4 is 4.90 Å². The van der Waals surface area contributed by atoms with Gasteiger partial charge in [-0.15, -0.1) is 0 Å². The number of rotatable bonds is 3. The molecule has 0 aromatic heterocycles. The maximum absolute atomic E-state index is 11.4. The summed E-state index contributed by atoms with van der Waals surface area (Å²) in [5.74, 6) is -0.618. The first kappa shape index (κ1) is 14.2. The van der Waals surface area contributed by atoms with Crippen LogP contribution in [0.5, 0.6) is 0 Å². The fraction of sp³-hybridized carbons (Fsp3) is 0.200. The fourth-order valence-electron chi connectivity index (χ4n) is 1.92. The van der Waals surface area contributed by atoms with Crippen LogP contribution in [0.1, 0.15) is 6.92 Å². The number of fused-ring (bicyclic) bond motifs is 1. The van der Waals surface area contributed by atoms with Gasteiger partial charge in [0.25, 0.3) is 0 Å². The summed E-state index contributed by atoms with van der Waals surface area (Å²) in [6.07, 6.45) is 3.28. The predicted octanol–water partition coefficient (Wildman–Crippen LogP) is 3.08. The number of anilines is 1. The van der Waals surface area contributed by atoms with Crippen molar-refractivity contribution in [2.24, 2.45) is 0 Å². The van der Waals surface area contributed by atoms with Crippen molar-refractivity contribution in [1.82, 2.24) is 0 Å². The first-order valence-corrected chi connectivity index (χ1v) is 6.97. The normalized spacial score (nSPS) is 15.9. The number of carbonyl (C=O) groups is 1. The third kappa shape index (κ3) is 2.70. The van der Waals surface area contributed by atoms with Gasteiger partial charge in [-0.3, -0.25) is 0 Å². The van der Waals surface area contributed by atoms with Gasteiger partial charge in [0.05, 0.1) is 17.8 Å². The minimum Gasteiger partial charge on any atom is -0.465 e. The number of esters is 1. The molecule has 0 atom stereocenters. The number of hydrogen-bond acceptors (Lipinski definition) is 5. The Bertz CT molecular complexity index is 629. The highest BCUT2D eigenvalue weighted by atomic mass is 32.2. The summed E-state index contributed by atoms with van der Waals surface area (Å²) in [4.78, 5) is 14.7. The van der Waals surface area contributed by atoms with Crippen molar-refractivity contribution in [1.29, 1.82) is 5.26 Å². The largest absolute Gasteiger partial charge is 0.465 e. The van der Waals surface area contributed by atoms with Crippen LogP contribution in [-0.4, -0.2) is 19.6 Å². The molecule has 0 bridgehead atoms. The Morgan fingerprint density at radius 3 is 2.90 bits per heavy atom. The summed E-state index contributed by atoms with van der Waals surface area (Å²) in [5.41, 5.74) is 1.14. The molecule has 0 spiro atoms. The Morgan fingerprint density at radius 1 is 1.50 bits per heavy atom. The molecular weight excluding hydrogens is 272 g/mol. The van der Waals surface area contributed by atoms with Gasteiger partial charge >= 0.3 is 5.97 Å². The van der Waals surface area contributed by atoms with Crippen molar-refractivity contribution in [2.45, 2.75) is 11.8 Å². The van der Waals surface area contributed by atoms with Crippen LogP contribution in [0.15, 0.2) is 51.9 Å². The lowest BCUT2D eigenvalue weighted by molar-refractivity contribution is -0.135. The molecule has 1 aromatic carbocycles. The SMILES string of the molecule is CCN1/C(=C/C=C(/C#N)C(=O)OC)Sc2ccccc21. The van der Waals surface area contributed by atoms with Gasteiger partial charge in [-0.05, 0) is 31.2 Å². The fourth-order valence-corrected chi connectivity index (χ4v) is 3.05. The molecule has 0 amide bonds. The lowest BCUT2D eigenvalue weighted by atomic mass is 10.2. The van der Waals surface area contributed by atoms with E-state index in [1.807, 2.05) is 18.2 Å². The van der Waals surface area contributed by atoms with Crippen molar-refractivity contribution in [3.05, 3.63) is 47.0 Å². The second kappa shape index (κ2) is 6.31. The molecule has 0 unspecified atom stereocenters. The lowest BCUT2D eigenvalue weighted by Gasteiger charge is -2.17. The average Bonchev–Trinajstić information content (AvgIpc) is 2.84. The van der Waals surface area contributed by atoms with Crippen molar-refractivity contribution in [2.75, 3.05) is 18.6 Å². The first-order valence-electron chi connectivity index (χ1n) is 6.16. The number of nitriles is 1. The highest BCUT2D eigenvalue weighted by molar-refractivity contribution is 8.03. The van der Waals surface area contributed by atoms with Gasteiger partial charge in [0.15, 0.2) is 0 Å². The Labute approximate surface area is 122 Å². The maximum Gasteiger partial charge on any atom is 0.348 e. The van der Waals surface area contributed by atoms with E-state index >= 15 is 0 Å². The van der Waals surface area contributed by atoms with Crippen LogP contribution in [0, 0.1) is 11.3 Å². The molecular formula is C15H14N2O2S. The van der Waals surface area contributed by atoms with Crippen LogP contribution in [0.3, 0.4) is 0 Å². The number of thioether (sulfide) groups is 1. The summed E-state index contributed by atoms with van der Waals surface area (Å²) < 4.78 is 4.55. The van der Waals surface area contributed by atoms with E-state index in [1.165, 1.54) is 18.1 Å². The number of para-hydroxylation sites is 1. The highest BCUT2D eigenvalue weighted by Crippen LogP contribution is 2.45. The summed E-state index contributed by atoms with van der Waals surface area (Å²) >= 11 is 1.62. The molecule has 1 aliphatic rings. The van der Waals surface area contributed by atoms with Gasteiger partial charge in [-0.2, -0.15) is 5.26 Å². The Morgan fingerprint density at radius 2 is 2.25 bits per heavy atom. The van der Waals surface area contributed by atoms with Crippen LogP contribution in [0.25, 0.3) is 0 Å². The molecule has 0 saturated carbocycles. The van der Waals surface area contributed by atoms with Gasteiger partial charge in [0.2, 0.25) is 0 Å². The van der Waals surface area contributed by atoms with Gasteiger partial charge in [0.1, 0.15) is 11.6 Å². The second-order valence-corrected chi connectivity index (χ2v) is 5.06. The van der Waals surface area contributed by atoms with Crippen molar-refractivity contribution in [3.63, 3.8) is 0 Å². The van der Waals surface area contributed by atoms with Crippen LogP contribution in [0.2, 0.25) is 0 Å². The van der Waals surface area contributed by atoms with Crippen LogP contribution >= 0.6 is 11.8 Å². The molecule has 0 saturated heterocycles. The molecule has 5 heteroatoms. The zero-order valence-corrected chi connectivity index (χ0v) is 12.1. The number of carbonyl (C=O) groups excluding carboxylic acids is 1. The number of allylic oxidation sites excluding steroid dienone is 2. The van der Waals surface area contributed by atoms with Crippen molar-refractivity contribution in [3.8, 4) is 6.07 Å². The number of benzene rings is 1. The zero-order chi connectivity index (χ0) is 14.5. The Kier molecular flexibility index (Phi) is 4.49. The van der Waals surface area contributed by atoms with E-state index in [-0.39, 0.29) is 5.57 Å². The molecule has 0 aliphatic carbocycles. The molecule has 20 heavy (non-hydrogen) atoms. The topological polar surface area (TPSA) is 53.3 Å². The van der Waals surface area contributed by atoms with E-state index in [9.17, 15) is 4.79 Å². The minimum atomic E-state index is -0.618. The summed E-state index contributed by atoms with van der Waals surface area (Å²) in [6, 6.07) is 9.95. The number of methoxy groups -OCH3 is 1. The number of ether oxygens (including phenoxy) is 1. The maximum atomic E-state index is 11.4. The Hall–Kier alpha value is -2.19. The smallest absolute Gasteiger partial charge is 0.348 e. The summed E-state index contributed by atoms with van der Waals surface area (Å²) in [5, 5.41) is 9.92. The Balaban J connectivity index is 2.31. The molecule has 0 radical (unpaired) electrons. The number of hydrogen-bond donors (Lipinski definition) is 0. The molecule has 1 aliphatic heterocycles. The van der Waals surface area contributed by atoms with E-state index < -0.39 is 5.97 Å². The van der Waals surface area contributed by atoms with Gasteiger partial charge in [0, 0.05) is 11.4 Å². The third-order valence-corrected chi connectivity index (χ3v) is 4.00. The quantitative estimate of drug-likeness (QED) is 0.485. The summed E-state index contributed by atoms with van der Waals surface area (Å²) in [6.45, 7) is 2.88. The van der Waals surface area contributed by atoms with Gasteiger partial charge in [-0.25, -0.2) is 4.79 Å². The molecule has 0 fully saturated rings. The van der Waals surface area contributed by atoms with E-state index in [0.717, 1.165) is 17.3 Å². The monoisotopic (exact) mass is 286 g/mol. The van der Waals surface area contributed by atoms with E-state index in [1.54, 1.807) is 17.8 Å². The average molecular weight is 286 g/mol. The molecule has 1 heterocycles. The van der Waals surface area contributed by atoms with Crippen LogP contribution in [-0.2, 0) is 9.53 Å². The summed E-state index contributed by atoms with van der Waals surface area (Å²) in [7, 11) is 1.26. The van der Waals surface area contributed by atoms with Crippen molar-refractivity contribution >= 4 is 23.4 Å². The standard InChI is InChI=1S/C15H14N2O2S/c1-3-17-12-6-4-5-7-13(12)20-14(17)9-8-11(10-16)15(18)19-2/h4-9H,3H2,1-2H3/b11-8-,14-9-. The first-order chi connectivity index (χ1) is 9.71. The van der Waals surface area contributed by atoms with Crippen molar-refractivity contribution < 1.29 is 9.53 Å². The lowest BCUT2D eigenvalue weighted by Crippen LogP contribution is -2.16. The second-order valence-electron chi connectivity index (χ2n) is 4.00. The minimum absolute atomic E-state index is 0.00684. The molecule has 4 nitrogen and oxygen atoms in total. The molecule has 0 N–H and O–H groups in total. The number of nitrogens with zero attached hydrogens (tertiary/aromatic N) is 2. The van der Waals surface area contributed by atoms with E-state index in [4.69, 9.17) is 5.26 Å².